The highest BCUT2D eigenvalue weighted by atomic mass is 79.9. The van der Waals surface area contributed by atoms with Gasteiger partial charge in [0.15, 0.2) is 0 Å². The Morgan fingerprint density at radius 2 is 1.61 bits per heavy atom. The van der Waals surface area contributed by atoms with Crippen molar-refractivity contribution >= 4 is 37.1 Å². The third-order valence-electron chi connectivity index (χ3n) is 3.52. The van der Waals surface area contributed by atoms with E-state index in [1.54, 1.807) is 0 Å². The summed E-state index contributed by atoms with van der Waals surface area (Å²) in [6, 6.07) is 14.9. The molecule has 0 N–H and O–H groups in total. The zero-order valence-electron chi connectivity index (χ0n) is 14.5. The van der Waals surface area contributed by atoms with Crippen molar-refractivity contribution in [2.45, 2.75) is 39.3 Å². The summed E-state index contributed by atoms with van der Waals surface area (Å²) in [5.41, 5.74) is 3.74. The molecule has 0 aromatic heterocycles. The minimum absolute atomic E-state index is 0.125. The Bertz CT molecular complexity index is 682. The summed E-state index contributed by atoms with van der Waals surface area (Å²) in [6.07, 6.45) is 4.26. The van der Waals surface area contributed by atoms with Crippen molar-refractivity contribution in [1.82, 2.24) is 0 Å². The number of hydrogen-bond acceptors (Lipinski definition) is 1. The fraction of sp³-hybridized carbons (Fsp3) is 0.300. The Morgan fingerprint density at radius 3 is 2.17 bits per heavy atom. The zero-order valence-corrected chi connectivity index (χ0v) is 17.1. The predicted molar refractivity (Wildman–Crippen MR) is 106 cm³/mol. The lowest BCUT2D eigenvalue weighted by molar-refractivity contribution is 0.559. The molecule has 0 aliphatic carbocycles. The molecule has 0 saturated heterocycles. The van der Waals surface area contributed by atoms with E-state index in [2.05, 4.69) is 104 Å². The Kier molecular flexibility index (Phi) is 5.87. The SMILES string of the molecule is C[Si](C)Oc1cc(C(C)(C)C)ccc1/C=C/c1ccc(Br)cc1. The molecule has 1 nitrogen and oxygen atoms in total. The van der Waals surface area contributed by atoms with Crippen LogP contribution in [0.3, 0.4) is 0 Å². The van der Waals surface area contributed by atoms with Crippen LogP contribution in [0.1, 0.15) is 37.5 Å². The first-order valence-electron chi connectivity index (χ1n) is 7.82. The molecule has 0 heterocycles. The molecular formula is C20H24BrOSi. The molecule has 0 fully saturated rings. The Morgan fingerprint density at radius 1 is 0.957 bits per heavy atom. The van der Waals surface area contributed by atoms with Crippen LogP contribution in [0, 0.1) is 0 Å². The second-order valence-electron chi connectivity index (χ2n) is 6.90. The normalized spacial score (nSPS) is 12.1. The molecule has 0 unspecified atom stereocenters. The van der Waals surface area contributed by atoms with E-state index in [0.29, 0.717) is 0 Å². The van der Waals surface area contributed by atoms with Gasteiger partial charge in [-0.3, -0.25) is 0 Å². The quantitative estimate of drug-likeness (QED) is 0.426. The standard InChI is InChI=1S/C20H24BrOSi/c1-20(2,3)17-11-10-16(19(14-17)22-23(4)5)9-6-15-7-12-18(21)13-8-15/h6-14H,1-5H3/b9-6+. The molecule has 1 radical (unpaired) electrons. The van der Waals surface area contributed by atoms with Crippen LogP contribution in [-0.4, -0.2) is 9.04 Å². The van der Waals surface area contributed by atoms with E-state index in [1.807, 2.05) is 0 Å². The minimum atomic E-state index is -0.798. The van der Waals surface area contributed by atoms with E-state index in [-0.39, 0.29) is 5.41 Å². The Labute approximate surface area is 150 Å². The first kappa shape index (κ1) is 18.0. The van der Waals surface area contributed by atoms with E-state index >= 15 is 0 Å². The van der Waals surface area contributed by atoms with Gasteiger partial charge in [0.2, 0.25) is 0 Å². The molecular weight excluding hydrogens is 364 g/mol. The fourth-order valence-electron chi connectivity index (χ4n) is 2.21. The number of rotatable bonds is 4. The lowest BCUT2D eigenvalue weighted by Crippen LogP contribution is -2.15. The van der Waals surface area contributed by atoms with Gasteiger partial charge in [0, 0.05) is 10.0 Å². The molecule has 2 aromatic carbocycles. The van der Waals surface area contributed by atoms with E-state index in [0.717, 1.165) is 15.8 Å². The van der Waals surface area contributed by atoms with Gasteiger partial charge in [-0.05, 0) is 47.8 Å². The molecule has 0 amide bonds. The van der Waals surface area contributed by atoms with Crippen molar-refractivity contribution in [3.63, 3.8) is 0 Å². The van der Waals surface area contributed by atoms with Crippen LogP contribution in [0.4, 0.5) is 0 Å². The molecule has 23 heavy (non-hydrogen) atoms. The van der Waals surface area contributed by atoms with E-state index in [9.17, 15) is 0 Å². The first-order valence-corrected chi connectivity index (χ1v) is 11.0. The van der Waals surface area contributed by atoms with Crippen LogP contribution >= 0.6 is 15.9 Å². The van der Waals surface area contributed by atoms with Crippen molar-refractivity contribution in [2.75, 3.05) is 0 Å². The molecule has 121 valence electrons. The van der Waals surface area contributed by atoms with Gasteiger partial charge in [-0.25, -0.2) is 0 Å². The molecule has 2 aromatic rings. The number of halogens is 1. The van der Waals surface area contributed by atoms with Crippen molar-refractivity contribution in [1.29, 1.82) is 0 Å². The van der Waals surface area contributed by atoms with Gasteiger partial charge in [-0.1, -0.05) is 73.1 Å². The van der Waals surface area contributed by atoms with Crippen LogP contribution in [0.5, 0.6) is 5.75 Å². The Hall–Kier alpha value is -1.32. The zero-order chi connectivity index (χ0) is 17.0. The summed E-state index contributed by atoms with van der Waals surface area (Å²) in [4.78, 5) is 0. The van der Waals surface area contributed by atoms with E-state index in [1.165, 1.54) is 11.1 Å². The first-order chi connectivity index (χ1) is 10.8. The second-order valence-corrected chi connectivity index (χ2v) is 9.83. The average Bonchev–Trinajstić information content (AvgIpc) is 2.46. The molecule has 0 saturated carbocycles. The Balaban J connectivity index is 2.34. The van der Waals surface area contributed by atoms with Gasteiger partial charge in [0.25, 0.3) is 9.04 Å². The fourth-order valence-corrected chi connectivity index (χ4v) is 3.09. The van der Waals surface area contributed by atoms with Crippen LogP contribution in [0.2, 0.25) is 13.1 Å². The number of benzene rings is 2. The minimum Gasteiger partial charge on any atom is -0.542 e. The van der Waals surface area contributed by atoms with Crippen molar-refractivity contribution in [3.8, 4) is 5.75 Å². The highest BCUT2D eigenvalue weighted by Crippen LogP contribution is 2.30. The summed E-state index contributed by atoms with van der Waals surface area (Å²) in [6.45, 7) is 11.0. The molecule has 0 aliphatic rings. The van der Waals surface area contributed by atoms with Crippen molar-refractivity contribution in [3.05, 3.63) is 63.6 Å². The smallest absolute Gasteiger partial charge is 0.274 e. The molecule has 2 rings (SSSR count). The largest absolute Gasteiger partial charge is 0.542 e. The summed E-state index contributed by atoms with van der Waals surface area (Å²) in [7, 11) is -0.798. The van der Waals surface area contributed by atoms with Gasteiger partial charge in [-0.2, -0.15) is 0 Å². The summed E-state index contributed by atoms with van der Waals surface area (Å²) < 4.78 is 7.23. The van der Waals surface area contributed by atoms with Crippen LogP contribution in [0.25, 0.3) is 12.2 Å². The highest BCUT2D eigenvalue weighted by molar-refractivity contribution is 9.10. The summed E-state index contributed by atoms with van der Waals surface area (Å²) in [5, 5.41) is 0. The van der Waals surface area contributed by atoms with E-state index in [4.69, 9.17) is 4.43 Å². The van der Waals surface area contributed by atoms with Crippen molar-refractivity contribution < 1.29 is 4.43 Å². The molecule has 0 aliphatic heterocycles. The topological polar surface area (TPSA) is 9.23 Å². The second kappa shape index (κ2) is 7.50. The maximum atomic E-state index is 6.13. The lowest BCUT2D eigenvalue weighted by Gasteiger charge is -2.21. The average molecular weight is 388 g/mol. The van der Waals surface area contributed by atoms with Gasteiger partial charge >= 0.3 is 0 Å². The maximum absolute atomic E-state index is 6.13. The highest BCUT2D eigenvalue weighted by Gasteiger charge is 2.16. The van der Waals surface area contributed by atoms with Gasteiger partial charge in [0.05, 0.1) is 0 Å². The molecule has 0 atom stereocenters. The van der Waals surface area contributed by atoms with Gasteiger partial charge in [-0.15, -0.1) is 0 Å². The lowest BCUT2D eigenvalue weighted by atomic mass is 9.86. The van der Waals surface area contributed by atoms with E-state index < -0.39 is 9.04 Å². The van der Waals surface area contributed by atoms with Crippen LogP contribution in [0.15, 0.2) is 46.9 Å². The maximum Gasteiger partial charge on any atom is 0.274 e. The van der Waals surface area contributed by atoms with Crippen LogP contribution < -0.4 is 4.43 Å². The molecule has 3 heteroatoms. The monoisotopic (exact) mass is 387 g/mol. The summed E-state index contributed by atoms with van der Waals surface area (Å²) >= 11 is 3.47. The number of hydrogen-bond donors (Lipinski definition) is 0. The third-order valence-corrected chi connectivity index (χ3v) is 4.68. The molecule has 0 spiro atoms. The predicted octanol–water partition coefficient (Wildman–Crippen LogP) is 6.55. The third kappa shape index (κ3) is 5.36. The van der Waals surface area contributed by atoms with Gasteiger partial charge in [0.1, 0.15) is 5.75 Å². The molecule has 0 bridgehead atoms. The van der Waals surface area contributed by atoms with Gasteiger partial charge < -0.3 is 4.43 Å². The van der Waals surface area contributed by atoms with Crippen molar-refractivity contribution in [2.24, 2.45) is 0 Å². The van der Waals surface area contributed by atoms with Crippen LogP contribution in [-0.2, 0) is 5.41 Å². The summed E-state index contributed by atoms with van der Waals surface area (Å²) in [5.74, 6) is 0.990.